The SMILES string of the molecule is CC[C@H](C)c1nn2c(=O)c(NC(=O)c3ccccc3C)cnc2s1. The molecule has 0 unspecified atom stereocenters. The Balaban J connectivity index is 1.96. The molecular formula is C17H18N4O2S. The van der Waals surface area contributed by atoms with Gasteiger partial charge in [-0.15, -0.1) is 0 Å². The van der Waals surface area contributed by atoms with Crippen molar-refractivity contribution in [2.24, 2.45) is 0 Å². The molecule has 7 heteroatoms. The van der Waals surface area contributed by atoms with Crippen LogP contribution in [0.5, 0.6) is 0 Å². The molecule has 1 amide bonds. The zero-order valence-corrected chi connectivity index (χ0v) is 14.6. The van der Waals surface area contributed by atoms with E-state index < -0.39 is 0 Å². The van der Waals surface area contributed by atoms with E-state index in [0.717, 1.165) is 17.0 Å². The van der Waals surface area contributed by atoms with Crippen LogP contribution in [0, 0.1) is 6.92 Å². The standard InChI is InChI=1S/C17H18N4O2S/c1-4-10(2)15-20-21-16(23)13(9-18-17(21)24-15)19-14(22)12-8-6-5-7-11(12)3/h5-10H,4H2,1-3H3,(H,19,22)/t10-/m0/s1. The Morgan fingerprint density at radius 2 is 2.12 bits per heavy atom. The van der Waals surface area contributed by atoms with Crippen molar-refractivity contribution in [3.05, 3.63) is 57.0 Å². The van der Waals surface area contributed by atoms with E-state index in [0.29, 0.717) is 10.5 Å². The molecule has 124 valence electrons. The second-order valence-electron chi connectivity index (χ2n) is 5.69. The van der Waals surface area contributed by atoms with Crippen LogP contribution in [0.2, 0.25) is 0 Å². The summed E-state index contributed by atoms with van der Waals surface area (Å²) in [6.07, 6.45) is 2.33. The van der Waals surface area contributed by atoms with Gasteiger partial charge in [0.05, 0.1) is 6.20 Å². The summed E-state index contributed by atoms with van der Waals surface area (Å²) in [5.41, 5.74) is 1.13. The lowest BCUT2D eigenvalue weighted by Gasteiger charge is -2.06. The third-order valence-electron chi connectivity index (χ3n) is 3.97. The first-order chi connectivity index (χ1) is 11.5. The van der Waals surface area contributed by atoms with Crippen molar-refractivity contribution in [2.45, 2.75) is 33.1 Å². The Morgan fingerprint density at radius 1 is 1.38 bits per heavy atom. The van der Waals surface area contributed by atoms with Gasteiger partial charge in [-0.05, 0) is 25.0 Å². The first-order valence-electron chi connectivity index (χ1n) is 7.77. The van der Waals surface area contributed by atoms with Crippen molar-refractivity contribution in [1.29, 1.82) is 0 Å². The zero-order valence-electron chi connectivity index (χ0n) is 13.7. The number of hydrogen-bond donors (Lipinski definition) is 1. The molecular weight excluding hydrogens is 324 g/mol. The van der Waals surface area contributed by atoms with E-state index in [9.17, 15) is 9.59 Å². The number of aromatic nitrogens is 3. The first kappa shape index (κ1) is 16.3. The van der Waals surface area contributed by atoms with E-state index in [1.807, 2.05) is 19.1 Å². The lowest BCUT2D eigenvalue weighted by atomic mass is 10.1. The van der Waals surface area contributed by atoms with Crippen molar-refractivity contribution in [3.8, 4) is 0 Å². The molecule has 0 fully saturated rings. The Hall–Kier alpha value is -2.54. The monoisotopic (exact) mass is 342 g/mol. The second kappa shape index (κ2) is 6.52. The maximum atomic E-state index is 12.6. The van der Waals surface area contributed by atoms with Gasteiger partial charge in [0.15, 0.2) is 0 Å². The smallest absolute Gasteiger partial charge is 0.298 e. The van der Waals surface area contributed by atoms with E-state index in [1.54, 1.807) is 12.1 Å². The molecule has 2 aromatic heterocycles. The number of anilines is 1. The van der Waals surface area contributed by atoms with Crippen LogP contribution in [0.4, 0.5) is 5.69 Å². The topological polar surface area (TPSA) is 76.4 Å². The molecule has 24 heavy (non-hydrogen) atoms. The van der Waals surface area contributed by atoms with Crippen LogP contribution < -0.4 is 10.9 Å². The molecule has 0 aliphatic heterocycles. The molecule has 1 aromatic carbocycles. The highest BCUT2D eigenvalue weighted by atomic mass is 32.1. The molecule has 0 saturated carbocycles. The molecule has 1 atom stereocenters. The average Bonchev–Trinajstić information content (AvgIpc) is 3.02. The van der Waals surface area contributed by atoms with Crippen molar-refractivity contribution in [3.63, 3.8) is 0 Å². The van der Waals surface area contributed by atoms with E-state index in [2.05, 4.69) is 29.2 Å². The molecule has 0 aliphatic carbocycles. The van der Waals surface area contributed by atoms with Crippen molar-refractivity contribution in [2.75, 3.05) is 5.32 Å². The van der Waals surface area contributed by atoms with Gasteiger partial charge >= 0.3 is 0 Å². The van der Waals surface area contributed by atoms with Crippen LogP contribution in [0.25, 0.3) is 4.96 Å². The quantitative estimate of drug-likeness (QED) is 0.790. The molecule has 0 bridgehead atoms. The summed E-state index contributed by atoms with van der Waals surface area (Å²) in [5.74, 6) is -0.0644. The van der Waals surface area contributed by atoms with Crippen molar-refractivity contribution in [1.82, 2.24) is 14.6 Å². The normalized spacial score (nSPS) is 12.3. The number of rotatable bonds is 4. The van der Waals surface area contributed by atoms with Crippen LogP contribution in [-0.2, 0) is 0 Å². The number of benzene rings is 1. The van der Waals surface area contributed by atoms with Gasteiger partial charge in [-0.1, -0.05) is 43.4 Å². The van der Waals surface area contributed by atoms with E-state index >= 15 is 0 Å². The summed E-state index contributed by atoms with van der Waals surface area (Å²) < 4.78 is 1.26. The Labute approximate surface area is 143 Å². The number of nitrogens with zero attached hydrogens (tertiary/aromatic N) is 3. The first-order valence-corrected chi connectivity index (χ1v) is 8.58. The van der Waals surface area contributed by atoms with Crippen LogP contribution in [-0.4, -0.2) is 20.5 Å². The van der Waals surface area contributed by atoms with Crippen molar-refractivity contribution < 1.29 is 4.79 Å². The molecule has 0 radical (unpaired) electrons. The third kappa shape index (κ3) is 2.94. The lowest BCUT2D eigenvalue weighted by molar-refractivity contribution is 0.102. The maximum Gasteiger partial charge on any atom is 0.298 e. The van der Waals surface area contributed by atoms with Gasteiger partial charge in [-0.2, -0.15) is 9.61 Å². The zero-order chi connectivity index (χ0) is 17.3. The Morgan fingerprint density at radius 3 is 2.83 bits per heavy atom. The highest BCUT2D eigenvalue weighted by molar-refractivity contribution is 7.16. The highest BCUT2D eigenvalue weighted by Crippen LogP contribution is 2.23. The fourth-order valence-electron chi connectivity index (χ4n) is 2.28. The number of carbonyl (C=O) groups is 1. The number of fused-ring (bicyclic) bond motifs is 1. The minimum atomic E-state index is -0.368. The maximum absolute atomic E-state index is 12.6. The predicted molar refractivity (Wildman–Crippen MR) is 95.0 cm³/mol. The molecule has 3 aromatic rings. The summed E-state index contributed by atoms with van der Waals surface area (Å²) in [6, 6.07) is 7.22. The molecule has 1 N–H and O–H groups in total. The number of aryl methyl sites for hydroxylation is 1. The van der Waals surface area contributed by atoms with Crippen LogP contribution in [0.15, 0.2) is 35.3 Å². The summed E-state index contributed by atoms with van der Waals surface area (Å²) in [6.45, 7) is 5.98. The van der Waals surface area contributed by atoms with E-state index in [-0.39, 0.29) is 23.1 Å². The van der Waals surface area contributed by atoms with Gasteiger partial charge in [0, 0.05) is 11.5 Å². The lowest BCUT2D eigenvalue weighted by Crippen LogP contribution is -2.24. The Bertz CT molecular complexity index is 961. The van der Waals surface area contributed by atoms with E-state index in [1.165, 1.54) is 22.0 Å². The minimum Gasteiger partial charge on any atom is -0.316 e. The van der Waals surface area contributed by atoms with Crippen LogP contribution in [0.1, 0.15) is 47.1 Å². The van der Waals surface area contributed by atoms with Gasteiger partial charge in [0.1, 0.15) is 10.7 Å². The second-order valence-corrected chi connectivity index (χ2v) is 6.68. The van der Waals surface area contributed by atoms with Crippen molar-refractivity contribution >= 4 is 27.9 Å². The predicted octanol–water partition coefficient (Wildman–Crippen LogP) is 3.23. The minimum absolute atomic E-state index is 0.127. The summed E-state index contributed by atoms with van der Waals surface area (Å²) in [7, 11) is 0. The summed E-state index contributed by atoms with van der Waals surface area (Å²) in [5, 5.41) is 7.86. The average molecular weight is 342 g/mol. The van der Waals surface area contributed by atoms with Gasteiger partial charge < -0.3 is 5.32 Å². The summed E-state index contributed by atoms with van der Waals surface area (Å²) >= 11 is 1.40. The number of carbonyl (C=O) groups excluding carboxylic acids is 1. The van der Waals surface area contributed by atoms with Crippen LogP contribution in [0.3, 0.4) is 0 Å². The summed E-state index contributed by atoms with van der Waals surface area (Å²) in [4.78, 5) is 29.7. The van der Waals surface area contributed by atoms with Gasteiger partial charge in [-0.3, -0.25) is 9.59 Å². The third-order valence-corrected chi connectivity index (χ3v) is 5.13. The molecule has 0 spiro atoms. The molecule has 0 aliphatic rings. The van der Waals surface area contributed by atoms with Gasteiger partial charge in [0.2, 0.25) is 4.96 Å². The van der Waals surface area contributed by atoms with Gasteiger partial charge in [0.25, 0.3) is 11.5 Å². The fraction of sp³-hybridized carbons (Fsp3) is 0.294. The molecule has 6 nitrogen and oxygen atoms in total. The number of nitrogens with one attached hydrogen (secondary N) is 1. The highest BCUT2D eigenvalue weighted by Gasteiger charge is 2.16. The number of hydrogen-bond acceptors (Lipinski definition) is 5. The number of amides is 1. The largest absolute Gasteiger partial charge is 0.316 e. The Kier molecular flexibility index (Phi) is 4.44. The molecule has 0 saturated heterocycles. The van der Waals surface area contributed by atoms with Crippen LogP contribution >= 0.6 is 11.3 Å². The molecule has 3 rings (SSSR count). The van der Waals surface area contributed by atoms with Gasteiger partial charge in [-0.25, -0.2) is 4.98 Å². The molecule has 2 heterocycles. The fourth-order valence-corrected chi connectivity index (χ4v) is 3.27. The van der Waals surface area contributed by atoms with E-state index in [4.69, 9.17) is 0 Å².